The minimum atomic E-state index is -0.771. The lowest BCUT2D eigenvalue weighted by Gasteiger charge is -2.23. The van der Waals surface area contributed by atoms with Crippen LogP contribution in [0.3, 0.4) is 0 Å². The second-order valence-electron chi connectivity index (χ2n) is 6.45. The van der Waals surface area contributed by atoms with Gasteiger partial charge in [-0.05, 0) is 37.3 Å². The van der Waals surface area contributed by atoms with Gasteiger partial charge in [0.2, 0.25) is 5.91 Å². The number of amides is 1. The van der Waals surface area contributed by atoms with Crippen molar-refractivity contribution in [2.45, 2.75) is 38.3 Å². The van der Waals surface area contributed by atoms with Crippen LogP contribution in [0.4, 0.5) is 0 Å². The molecule has 0 aliphatic heterocycles. The minimum absolute atomic E-state index is 0.275. The van der Waals surface area contributed by atoms with E-state index in [9.17, 15) is 9.90 Å². The van der Waals surface area contributed by atoms with Gasteiger partial charge in [-0.1, -0.05) is 60.2 Å². The average Bonchev–Trinajstić information content (AvgIpc) is 2.55. The zero-order valence-electron chi connectivity index (χ0n) is 14.1. The number of hydrogen-bond donors (Lipinski definition) is 3. The van der Waals surface area contributed by atoms with Crippen LogP contribution >= 0.6 is 0 Å². The highest BCUT2D eigenvalue weighted by Gasteiger charge is 2.24. The number of benzene rings is 2. The summed E-state index contributed by atoms with van der Waals surface area (Å²) < 4.78 is 0. The normalized spacial score (nSPS) is 14.8. The molecule has 0 heterocycles. The van der Waals surface area contributed by atoms with Gasteiger partial charge >= 0.3 is 0 Å². The number of rotatable bonds is 8. The maximum atomic E-state index is 11.8. The zero-order valence-corrected chi connectivity index (χ0v) is 14.1. The van der Waals surface area contributed by atoms with E-state index >= 15 is 0 Å². The third kappa shape index (κ3) is 5.48. The van der Waals surface area contributed by atoms with Gasteiger partial charge in [0.25, 0.3) is 0 Å². The van der Waals surface area contributed by atoms with Gasteiger partial charge in [-0.25, -0.2) is 0 Å². The second-order valence-corrected chi connectivity index (χ2v) is 6.45. The van der Waals surface area contributed by atoms with Gasteiger partial charge in [0, 0.05) is 12.0 Å². The van der Waals surface area contributed by atoms with E-state index in [-0.39, 0.29) is 6.42 Å². The molecule has 1 amide bonds. The van der Waals surface area contributed by atoms with E-state index in [0.29, 0.717) is 12.8 Å². The van der Waals surface area contributed by atoms with Crippen LogP contribution in [-0.2, 0) is 17.6 Å². The van der Waals surface area contributed by atoms with Gasteiger partial charge in [-0.2, -0.15) is 0 Å². The maximum absolute atomic E-state index is 11.8. The molecule has 0 unspecified atom stereocenters. The van der Waals surface area contributed by atoms with E-state index < -0.39 is 24.0 Å². The van der Waals surface area contributed by atoms with Gasteiger partial charge < -0.3 is 16.6 Å². The molecule has 0 radical (unpaired) electrons. The van der Waals surface area contributed by atoms with Crippen LogP contribution in [0.1, 0.15) is 23.1 Å². The molecule has 2 aromatic rings. The van der Waals surface area contributed by atoms with E-state index in [1.807, 2.05) is 61.5 Å². The number of nitrogens with two attached hydrogens (primary N) is 2. The summed E-state index contributed by atoms with van der Waals surface area (Å²) in [6.45, 7) is 2.01. The molecular weight excluding hydrogens is 300 g/mol. The third-order valence-corrected chi connectivity index (χ3v) is 4.30. The predicted octanol–water partition coefficient (Wildman–Crippen LogP) is 1.96. The number of hydrogen-bond acceptors (Lipinski definition) is 3. The number of aliphatic hydroxyl groups is 1. The summed E-state index contributed by atoms with van der Waals surface area (Å²) >= 11 is 0. The van der Waals surface area contributed by atoms with Gasteiger partial charge in [-0.15, -0.1) is 0 Å². The smallest absolute Gasteiger partial charge is 0.220 e. The number of primary amides is 1. The Morgan fingerprint density at radius 1 is 1.04 bits per heavy atom. The van der Waals surface area contributed by atoms with E-state index in [2.05, 4.69) is 0 Å². The van der Waals surface area contributed by atoms with E-state index in [0.717, 1.165) is 16.7 Å². The quantitative estimate of drug-likeness (QED) is 0.693. The Bertz CT molecular complexity index is 658. The topological polar surface area (TPSA) is 89.3 Å². The average molecular weight is 326 g/mol. The lowest BCUT2D eigenvalue weighted by atomic mass is 9.89. The molecule has 0 saturated carbocycles. The highest BCUT2D eigenvalue weighted by atomic mass is 16.3. The van der Waals surface area contributed by atoms with Crippen molar-refractivity contribution in [1.29, 1.82) is 0 Å². The summed E-state index contributed by atoms with van der Waals surface area (Å²) in [6, 6.07) is 17.3. The second kappa shape index (κ2) is 8.62. The number of carbonyl (C=O) groups is 1. The maximum Gasteiger partial charge on any atom is 0.220 e. The van der Waals surface area contributed by atoms with Gasteiger partial charge in [0.15, 0.2) is 0 Å². The highest BCUT2D eigenvalue weighted by molar-refractivity contribution is 5.77. The lowest BCUT2D eigenvalue weighted by molar-refractivity contribution is -0.122. The molecule has 24 heavy (non-hydrogen) atoms. The molecule has 0 spiro atoms. The van der Waals surface area contributed by atoms with E-state index in [1.165, 1.54) is 0 Å². The molecule has 4 nitrogen and oxygen atoms in total. The van der Waals surface area contributed by atoms with Crippen LogP contribution in [-0.4, -0.2) is 23.2 Å². The Kier molecular flexibility index (Phi) is 6.53. The van der Waals surface area contributed by atoms with E-state index in [4.69, 9.17) is 11.5 Å². The van der Waals surface area contributed by atoms with Crippen molar-refractivity contribution >= 4 is 5.91 Å². The number of carbonyl (C=O) groups excluding carboxylic acids is 1. The van der Waals surface area contributed by atoms with Crippen LogP contribution in [0.25, 0.3) is 0 Å². The van der Waals surface area contributed by atoms with Gasteiger partial charge in [0.05, 0.1) is 6.10 Å². The fraction of sp³-hybridized carbons (Fsp3) is 0.350. The number of aryl methyl sites for hydroxylation is 1. The van der Waals surface area contributed by atoms with Crippen LogP contribution in [0, 0.1) is 12.8 Å². The van der Waals surface area contributed by atoms with Crippen molar-refractivity contribution in [3.8, 4) is 0 Å². The summed E-state index contributed by atoms with van der Waals surface area (Å²) in [5.74, 6) is -0.828. The molecule has 0 saturated heterocycles. The summed E-state index contributed by atoms with van der Waals surface area (Å²) in [5.41, 5.74) is 14.9. The fourth-order valence-corrected chi connectivity index (χ4v) is 2.91. The SMILES string of the molecule is Cc1cccc(C[C@H](C[C@H](O)[C@@H](N)Cc2ccccc2)C(N)=O)c1. The van der Waals surface area contributed by atoms with Crippen molar-refractivity contribution in [3.05, 3.63) is 71.3 Å². The Morgan fingerprint density at radius 3 is 2.33 bits per heavy atom. The standard InChI is InChI=1S/C20H26N2O2/c1-14-6-5-9-16(10-14)11-17(20(22)24)13-19(23)18(21)12-15-7-3-2-4-8-15/h2-10,17-19,23H,11-13,21H2,1H3,(H2,22,24)/t17-,18+,19+/m1/s1. The first-order chi connectivity index (χ1) is 11.5. The zero-order chi connectivity index (χ0) is 17.5. The Hall–Kier alpha value is -2.17. The molecule has 3 atom stereocenters. The fourth-order valence-electron chi connectivity index (χ4n) is 2.91. The lowest BCUT2D eigenvalue weighted by Crippen LogP contribution is -2.40. The molecular formula is C20H26N2O2. The predicted molar refractivity (Wildman–Crippen MR) is 96.3 cm³/mol. The molecule has 0 bridgehead atoms. The van der Waals surface area contributed by atoms with Crippen molar-refractivity contribution in [2.24, 2.45) is 17.4 Å². The van der Waals surface area contributed by atoms with Crippen LogP contribution in [0.15, 0.2) is 54.6 Å². The van der Waals surface area contributed by atoms with Gasteiger partial charge in [0.1, 0.15) is 0 Å². The molecule has 128 valence electrons. The van der Waals surface area contributed by atoms with Gasteiger partial charge in [-0.3, -0.25) is 4.79 Å². The first-order valence-electron chi connectivity index (χ1n) is 8.28. The molecule has 0 aliphatic carbocycles. The van der Waals surface area contributed by atoms with Crippen molar-refractivity contribution in [1.82, 2.24) is 0 Å². The Morgan fingerprint density at radius 2 is 1.71 bits per heavy atom. The third-order valence-electron chi connectivity index (χ3n) is 4.30. The molecule has 2 aromatic carbocycles. The van der Waals surface area contributed by atoms with Crippen molar-refractivity contribution in [3.63, 3.8) is 0 Å². The summed E-state index contributed by atoms with van der Waals surface area (Å²) in [7, 11) is 0. The van der Waals surface area contributed by atoms with Crippen LogP contribution in [0.5, 0.6) is 0 Å². The Balaban J connectivity index is 1.97. The summed E-state index contributed by atoms with van der Waals surface area (Å²) in [6.07, 6.45) is 0.592. The molecule has 0 aliphatic rings. The molecule has 4 heteroatoms. The molecule has 5 N–H and O–H groups in total. The molecule has 0 fully saturated rings. The Labute approximate surface area is 143 Å². The first kappa shape index (κ1) is 18.2. The van der Waals surface area contributed by atoms with E-state index in [1.54, 1.807) is 0 Å². The molecule has 2 rings (SSSR count). The first-order valence-corrected chi connectivity index (χ1v) is 8.28. The minimum Gasteiger partial charge on any atom is -0.391 e. The van der Waals surface area contributed by atoms with Crippen LogP contribution < -0.4 is 11.5 Å². The largest absolute Gasteiger partial charge is 0.391 e. The monoisotopic (exact) mass is 326 g/mol. The van der Waals surface area contributed by atoms with Crippen molar-refractivity contribution < 1.29 is 9.90 Å². The van der Waals surface area contributed by atoms with Crippen molar-refractivity contribution in [2.75, 3.05) is 0 Å². The molecule has 0 aromatic heterocycles. The summed E-state index contributed by atoms with van der Waals surface area (Å²) in [5, 5.41) is 10.4. The van der Waals surface area contributed by atoms with Crippen LogP contribution in [0.2, 0.25) is 0 Å². The summed E-state index contributed by atoms with van der Waals surface area (Å²) in [4.78, 5) is 11.8. The number of aliphatic hydroxyl groups excluding tert-OH is 1. The highest BCUT2D eigenvalue weighted by Crippen LogP contribution is 2.18.